The van der Waals surface area contributed by atoms with Crippen molar-refractivity contribution in [1.29, 1.82) is 0 Å². The van der Waals surface area contributed by atoms with E-state index in [9.17, 15) is 52.1 Å². The third-order valence-corrected chi connectivity index (χ3v) is 6.30. The second kappa shape index (κ2) is 16.1. The van der Waals surface area contributed by atoms with Crippen molar-refractivity contribution in [3.8, 4) is 0 Å². The van der Waals surface area contributed by atoms with Gasteiger partial charge in [-0.2, -0.15) is 0 Å². The number of nitrogens with one attached hydrogen (secondary N) is 2. The summed E-state index contributed by atoms with van der Waals surface area (Å²) < 4.78 is 52.8. The number of carbonyl (C=O) groups excluding carboxylic acids is 3. The first kappa shape index (κ1) is 37.6. The number of aromatic nitrogens is 1. The van der Waals surface area contributed by atoms with Gasteiger partial charge in [0.15, 0.2) is 0 Å². The maximum atomic E-state index is 13.6. The summed E-state index contributed by atoms with van der Waals surface area (Å²) in [6, 6.07) is 7.66. The van der Waals surface area contributed by atoms with E-state index in [2.05, 4.69) is 15.6 Å². The van der Waals surface area contributed by atoms with E-state index in [0.29, 0.717) is 12.1 Å². The van der Waals surface area contributed by atoms with Crippen molar-refractivity contribution in [2.75, 3.05) is 0 Å². The number of dihydropyridines is 2. The quantitative estimate of drug-likeness (QED) is 0.290. The Bertz CT molecular complexity index is 1650. The number of rotatable bonds is 6. The van der Waals surface area contributed by atoms with Crippen LogP contribution >= 0.6 is 0 Å². The Kier molecular flexibility index (Phi) is 12.9. The Morgan fingerprint density at radius 3 is 1.40 bits per heavy atom. The number of benzene rings is 2. The number of aliphatic carboxylic acids is 2. The van der Waals surface area contributed by atoms with Crippen LogP contribution in [0.2, 0.25) is 0 Å². The first-order valence-electron chi connectivity index (χ1n) is 12.7. The molecule has 0 saturated carbocycles. The van der Waals surface area contributed by atoms with Crippen LogP contribution in [0.15, 0.2) is 104 Å². The molecule has 2 atom stereocenters. The molecule has 244 valence electrons. The van der Waals surface area contributed by atoms with E-state index < -0.39 is 58.2 Å². The van der Waals surface area contributed by atoms with Crippen molar-refractivity contribution in [2.45, 2.75) is 11.1 Å². The van der Waals surface area contributed by atoms with E-state index in [1.165, 1.54) is 36.7 Å². The Labute approximate surface area is 276 Å². The number of allylic oxidation sites excluding steroid dienone is 4. The average Bonchev–Trinajstić information content (AvgIpc) is 3.02. The summed E-state index contributed by atoms with van der Waals surface area (Å²) in [6.07, 6.45) is 12.2. The molecule has 1 aromatic heterocycles. The van der Waals surface area contributed by atoms with E-state index in [0.717, 1.165) is 42.6 Å². The predicted octanol–water partition coefficient (Wildman–Crippen LogP) is 0.307. The van der Waals surface area contributed by atoms with Gasteiger partial charge < -0.3 is 45.4 Å². The molecule has 0 amide bonds. The zero-order chi connectivity index (χ0) is 34.1. The fourth-order valence-electron chi connectivity index (χ4n) is 4.03. The summed E-state index contributed by atoms with van der Waals surface area (Å²) in [6.45, 7) is 0. The Morgan fingerprint density at radius 2 is 1.13 bits per heavy atom. The van der Waals surface area contributed by atoms with Gasteiger partial charge in [-0.3, -0.25) is 0 Å². The number of nitrogens with zero attached hydrogens (tertiary/aromatic N) is 1. The van der Waals surface area contributed by atoms with Crippen LogP contribution in [0.1, 0.15) is 32.0 Å². The minimum absolute atomic E-state index is 0. The molecule has 2 aliphatic rings. The second-order valence-corrected chi connectivity index (χ2v) is 9.19. The van der Waals surface area contributed by atoms with Gasteiger partial charge in [0.25, 0.3) is 0 Å². The van der Waals surface area contributed by atoms with E-state index in [1.54, 1.807) is 12.2 Å². The molecule has 0 aliphatic carbocycles. The van der Waals surface area contributed by atoms with Crippen molar-refractivity contribution in [2.24, 2.45) is 0 Å². The predicted molar refractivity (Wildman–Crippen MR) is 144 cm³/mol. The maximum absolute atomic E-state index is 13.6. The SMILES string of the molecule is O=C([O-])C1(c2ccc(F)cc2F)C=CC=CN1.O=C([O-])C1(c2ccc(F)cc2F)C=CC=CN1.O=C([O-])c1ccc(C(=O)O)nc1.[Ir+3]. The molecule has 0 saturated heterocycles. The molecular formula is C31H20F4IrN3O8. The molecule has 11 nitrogen and oxygen atoms in total. The van der Waals surface area contributed by atoms with Crippen LogP contribution in [-0.2, 0) is 40.8 Å². The summed E-state index contributed by atoms with van der Waals surface area (Å²) in [7, 11) is 0. The van der Waals surface area contributed by atoms with E-state index in [-0.39, 0.29) is 42.5 Å². The van der Waals surface area contributed by atoms with Gasteiger partial charge in [-0.05, 0) is 61.0 Å². The monoisotopic (exact) mass is 831 g/mol. The van der Waals surface area contributed by atoms with Gasteiger partial charge in [0, 0.05) is 35.0 Å². The average molecular weight is 831 g/mol. The molecule has 3 aromatic rings. The maximum Gasteiger partial charge on any atom is 3.00 e. The van der Waals surface area contributed by atoms with Gasteiger partial charge in [0.2, 0.25) is 0 Å². The van der Waals surface area contributed by atoms with Crippen molar-refractivity contribution >= 4 is 23.9 Å². The van der Waals surface area contributed by atoms with Gasteiger partial charge in [-0.25, -0.2) is 27.3 Å². The number of carboxylic acid groups (broad SMARTS) is 4. The topological polar surface area (TPSA) is 195 Å². The number of hydrogen-bond acceptors (Lipinski definition) is 10. The van der Waals surface area contributed by atoms with Crippen molar-refractivity contribution in [3.05, 3.63) is 149 Å². The Hall–Kier alpha value is -5.60. The zero-order valence-electron chi connectivity index (χ0n) is 23.4. The number of aromatic carboxylic acids is 2. The number of halogens is 4. The van der Waals surface area contributed by atoms with E-state index >= 15 is 0 Å². The second-order valence-electron chi connectivity index (χ2n) is 9.19. The summed E-state index contributed by atoms with van der Waals surface area (Å²) in [5.74, 6) is -9.01. The van der Waals surface area contributed by atoms with Gasteiger partial charge in [-0.1, -0.05) is 24.3 Å². The molecule has 5 rings (SSSR count). The molecule has 2 aliphatic heterocycles. The third-order valence-electron chi connectivity index (χ3n) is 6.30. The van der Waals surface area contributed by atoms with E-state index in [1.807, 2.05) is 0 Å². The molecule has 16 heteroatoms. The summed E-state index contributed by atoms with van der Waals surface area (Å²) in [4.78, 5) is 46.2. The Morgan fingerprint density at radius 1 is 0.681 bits per heavy atom. The summed E-state index contributed by atoms with van der Waals surface area (Å²) in [5, 5.41) is 46.0. The zero-order valence-corrected chi connectivity index (χ0v) is 25.8. The van der Waals surface area contributed by atoms with Gasteiger partial charge in [0.1, 0.15) is 40.0 Å². The fraction of sp³-hybridized carbons (Fsp3) is 0.0645. The van der Waals surface area contributed by atoms with Crippen LogP contribution in [0.5, 0.6) is 0 Å². The number of hydrogen-bond donors (Lipinski definition) is 3. The molecule has 3 N–H and O–H groups in total. The molecule has 47 heavy (non-hydrogen) atoms. The van der Waals surface area contributed by atoms with Crippen molar-refractivity contribution < 1.29 is 77.3 Å². The minimum atomic E-state index is -1.80. The number of carboxylic acids is 4. The first-order chi connectivity index (χ1) is 21.7. The molecule has 0 fully saturated rings. The molecule has 0 spiro atoms. The molecule has 0 bridgehead atoms. The van der Waals surface area contributed by atoms with Gasteiger partial charge in [-0.15, -0.1) is 0 Å². The molecule has 2 aromatic carbocycles. The van der Waals surface area contributed by atoms with Gasteiger partial charge in [0.05, 0.1) is 17.9 Å². The van der Waals surface area contributed by atoms with Crippen LogP contribution < -0.4 is 26.0 Å². The van der Waals surface area contributed by atoms with Crippen LogP contribution in [0.3, 0.4) is 0 Å². The van der Waals surface area contributed by atoms with Crippen molar-refractivity contribution in [1.82, 2.24) is 15.6 Å². The standard InChI is InChI=1S/2C12H9F2NO2.C7H5NO4.Ir/c2*13-8-3-4-9(10(14)7-8)12(11(16)17)5-1-2-6-15-12;9-6(10)4-1-2-5(7(11)12)8-3-4;/h2*1-7,15H,(H,16,17);1-3H,(H,9,10)(H,11,12);/q;;;+3/p-3. The minimum Gasteiger partial charge on any atom is -0.547 e. The van der Waals surface area contributed by atoms with Crippen LogP contribution in [0.25, 0.3) is 0 Å². The fourth-order valence-corrected chi connectivity index (χ4v) is 4.03. The molecular weight excluding hydrogens is 811 g/mol. The van der Waals surface area contributed by atoms with Crippen LogP contribution in [0, 0.1) is 23.3 Å². The normalized spacial score (nSPS) is 18.5. The van der Waals surface area contributed by atoms with E-state index in [4.69, 9.17) is 5.11 Å². The summed E-state index contributed by atoms with van der Waals surface area (Å²) >= 11 is 0. The third kappa shape index (κ3) is 8.77. The Balaban J connectivity index is 0.000000247. The molecule has 2 unspecified atom stereocenters. The molecule has 3 heterocycles. The van der Waals surface area contributed by atoms with Crippen LogP contribution in [0.4, 0.5) is 17.6 Å². The first-order valence-corrected chi connectivity index (χ1v) is 12.7. The summed E-state index contributed by atoms with van der Waals surface area (Å²) in [5.41, 5.74) is -4.32. The van der Waals surface area contributed by atoms with Crippen molar-refractivity contribution in [3.63, 3.8) is 0 Å². The van der Waals surface area contributed by atoms with Crippen LogP contribution in [-0.4, -0.2) is 34.0 Å². The van der Waals surface area contributed by atoms with Gasteiger partial charge >= 0.3 is 26.1 Å². The number of pyridine rings is 1. The largest absolute Gasteiger partial charge is 3.00 e. The number of carbonyl (C=O) groups is 4. The smallest absolute Gasteiger partial charge is 0.547 e. The molecule has 0 radical (unpaired) electrons.